The van der Waals surface area contributed by atoms with Gasteiger partial charge in [0.15, 0.2) is 5.43 Å². The number of aliphatic hydroxyl groups is 1. The third kappa shape index (κ3) is 3.43. The summed E-state index contributed by atoms with van der Waals surface area (Å²) in [5.41, 5.74) is 0.651. The summed E-state index contributed by atoms with van der Waals surface area (Å²) in [6.07, 6.45) is 0. The zero-order chi connectivity index (χ0) is 14.4. The highest BCUT2D eigenvalue weighted by Gasteiger charge is 2.08. The molecule has 0 fully saturated rings. The number of rotatable bonds is 6. The Balaban J connectivity index is 2.05. The molecule has 0 aliphatic heterocycles. The largest absolute Gasteiger partial charge is 0.394 e. The normalized spacial score (nSPS) is 10.7. The predicted molar refractivity (Wildman–Crippen MR) is 74.8 cm³/mol. The maximum absolute atomic E-state index is 11.9. The number of amides is 1. The van der Waals surface area contributed by atoms with E-state index in [0.29, 0.717) is 24.1 Å². The van der Waals surface area contributed by atoms with Crippen LogP contribution in [0.2, 0.25) is 0 Å². The number of fused-ring (bicyclic) bond motifs is 1. The first-order valence-electron chi connectivity index (χ1n) is 6.31. The summed E-state index contributed by atoms with van der Waals surface area (Å²) in [6, 6.07) is 8.31. The van der Waals surface area contributed by atoms with Gasteiger partial charge in [0.05, 0.1) is 19.8 Å². The van der Waals surface area contributed by atoms with Crippen molar-refractivity contribution in [3.05, 3.63) is 46.2 Å². The van der Waals surface area contributed by atoms with Crippen LogP contribution in [-0.4, -0.2) is 42.4 Å². The van der Waals surface area contributed by atoms with E-state index in [4.69, 9.17) is 9.84 Å². The summed E-state index contributed by atoms with van der Waals surface area (Å²) >= 11 is 0. The van der Waals surface area contributed by atoms with Gasteiger partial charge in [-0.05, 0) is 12.1 Å². The molecule has 6 heteroatoms. The molecule has 0 saturated carbocycles. The summed E-state index contributed by atoms with van der Waals surface area (Å²) < 4.78 is 5.03. The molecule has 1 aromatic carbocycles. The fourth-order valence-corrected chi connectivity index (χ4v) is 1.82. The van der Waals surface area contributed by atoms with Crippen molar-refractivity contribution in [3.63, 3.8) is 0 Å². The van der Waals surface area contributed by atoms with Crippen LogP contribution in [0.25, 0.3) is 10.9 Å². The molecule has 6 nitrogen and oxygen atoms in total. The second-order valence-corrected chi connectivity index (χ2v) is 4.18. The van der Waals surface area contributed by atoms with Gasteiger partial charge in [-0.25, -0.2) is 0 Å². The Hall–Kier alpha value is -2.18. The molecule has 0 spiro atoms. The molecule has 106 valence electrons. The van der Waals surface area contributed by atoms with Crippen molar-refractivity contribution in [2.75, 3.05) is 26.4 Å². The van der Waals surface area contributed by atoms with Crippen LogP contribution in [0, 0.1) is 0 Å². The molecule has 2 aromatic rings. The van der Waals surface area contributed by atoms with Crippen molar-refractivity contribution >= 4 is 16.8 Å². The molecular formula is C14H16N2O4. The maximum Gasteiger partial charge on any atom is 0.267 e. The Labute approximate surface area is 115 Å². The van der Waals surface area contributed by atoms with Crippen molar-refractivity contribution in [2.45, 2.75) is 0 Å². The highest BCUT2D eigenvalue weighted by molar-refractivity contribution is 5.94. The number of nitrogens with one attached hydrogen (secondary N) is 2. The molecule has 1 amide bonds. The molecule has 0 atom stereocenters. The van der Waals surface area contributed by atoms with E-state index in [1.54, 1.807) is 24.3 Å². The molecule has 1 aromatic heterocycles. The van der Waals surface area contributed by atoms with Gasteiger partial charge in [0.2, 0.25) is 0 Å². The maximum atomic E-state index is 11.9. The lowest BCUT2D eigenvalue weighted by Gasteiger charge is -2.06. The van der Waals surface area contributed by atoms with E-state index >= 15 is 0 Å². The highest BCUT2D eigenvalue weighted by Crippen LogP contribution is 2.07. The lowest BCUT2D eigenvalue weighted by molar-refractivity contribution is 0.0835. The van der Waals surface area contributed by atoms with Crippen LogP contribution in [-0.2, 0) is 4.74 Å². The van der Waals surface area contributed by atoms with Gasteiger partial charge in [-0.2, -0.15) is 0 Å². The van der Waals surface area contributed by atoms with Crippen LogP contribution in [0.15, 0.2) is 35.1 Å². The molecule has 1 heterocycles. The average Bonchev–Trinajstić information content (AvgIpc) is 2.47. The van der Waals surface area contributed by atoms with Crippen LogP contribution in [0.1, 0.15) is 10.5 Å². The Morgan fingerprint density at radius 1 is 1.30 bits per heavy atom. The van der Waals surface area contributed by atoms with Crippen LogP contribution >= 0.6 is 0 Å². The van der Waals surface area contributed by atoms with E-state index in [-0.39, 0.29) is 30.2 Å². The van der Waals surface area contributed by atoms with Crippen LogP contribution < -0.4 is 10.7 Å². The average molecular weight is 276 g/mol. The Morgan fingerprint density at radius 2 is 2.10 bits per heavy atom. The van der Waals surface area contributed by atoms with Gasteiger partial charge < -0.3 is 20.1 Å². The van der Waals surface area contributed by atoms with Crippen LogP contribution in [0.4, 0.5) is 0 Å². The molecule has 0 saturated heterocycles. The number of H-pyrrole nitrogens is 1. The van der Waals surface area contributed by atoms with Gasteiger partial charge in [0, 0.05) is 23.5 Å². The van der Waals surface area contributed by atoms with E-state index in [9.17, 15) is 9.59 Å². The van der Waals surface area contributed by atoms with Gasteiger partial charge in [0.1, 0.15) is 5.69 Å². The van der Waals surface area contributed by atoms with Crippen molar-refractivity contribution in [2.24, 2.45) is 0 Å². The number of para-hydroxylation sites is 1. The Bertz CT molecular complexity index is 651. The molecule has 3 N–H and O–H groups in total. The van der Waals surface area contributed by atoms with Gasteiger partial charge in [-0.15, -0.1) is 0 Å². The second kappa shape index (κ2) is 6.83. The predicted octanol–water partition coefficient (Wildman–Crippen LogP) is 0.267. The monoisotopic (exact) mass is 276 g/mol. The van der Waals surface area contributed by atoms with Crippen LogP contribution in [0.5, 0.6) is 0 Å². The number of benzene rings is 1. The number of hydrogen-bond donors (Lipinski definition) is 3. The standard InChI is InChI=1S/C14H16N2O4/c17-6-8-20-7-5-15-14(19)12-9-13(18)10-3-1-2-4-11(10)16-12/h1-4,9,17H,5-8H2,(H,15,19)(H,16,18). The summed E-state index contributed by atoms with van der Waals surface area (Å²) in [5.74, 6) is -0.361. The number of aromatic amines is 1. The summed E-state index contributed by atoms with van der Waals surface area (Å²) in [7, 11) is 0. The van der Waals surface area contributed by atoms with Crippen molar-refractivity contribution in [3.8, 4) is 0 Å². The molecule has 0 radical (unpaired) electrons. The van der Waals surface area contributed by atoms with E-state index in [0.717, 1.165) is 0 Å². The van der Waals surface area contributed by atoms with Crippen molar-refractivity contribution < 1.29 is 14.6 Å². The third-order valence-electron chi connectivity index (χ3n) is 2.75. The van der Waals surface area contributed by atoms with Crippen molar-refractivity contribution in [1.29, 1.82) is 0 Å². The molecule has 0 bridgehead atoms. The minimum absolute atomic E-state index is 0.0497. The molecular weight excluding hydrogens is 260 g/mol. The van der Waals surface area contributed by atoms with Gasteiger partial charge in [0.25, 0.3) is 5.91 Å². The van der Waals surface area contributed by atoms with Gasteiger partial charge in [-0.3, -0.25) is 9.59 Å². The first-order chi connectivity index (χ1) is 9.72. The lowest BCUT2D eigenvalue weighted by Crippen LogP contribution is -2.29. The van der Waals surface area contributed by atoms with Gasteiger partial charge in [-0.1, -0.05) is 12.1 Å². The second-order valence-electron chi connectivity index (χ2n) is 4.18. The summed E-state index contributed by atoms with van der Waals surface area (Å²) in [6.45, 7) is 0.812. The zero-order valence-corrected chi connectivity index (χ0v) is 10.9. The number of hydrogen-bond acceptors (Lipinski definition) is 4. The molecule has 0 aliphatic rings. The molecule has 2 rings (SSSR count). The first kappa shape index (κ1) is 14.2. The fourth-order valence-electron chi connectivity index (χ4n) is 1.82. The van der Waals surface area contributed by atoms with Gasteiger partial charge >= 0.3 is 0 Å². The lowest BCUT2D eigenvalue weighted by atomic mass is 10.2. The number of ether oxygens (including phenoxy) is 1. The first-order valence-corrected chi connectivity index (χ1v) is 6.31. The Kier molecular flexibility index (Phi) is 4.86. The summed E-state index contributed by atoms with van der Waals surface area (Å²) in [4.78, 5) is 26.7. The topological polar surface area (TPSA) is 91.4 Å². The SMILES string of the molecule is O=C(NCCOCCO)c1cc(=O)c2ccccc2[nH]1. The molecule has 20 heavy (non-hydrogen) atoms. The quantitative estimate of drug-likeness (QED) is 0.660. The fraction of sp³-hybridized carbons (Fsp3) is 0.286. The summed E-state index contributed by atoms with van der Waals surface area (Å²) in [5, 5.41) is 11.7. The number of pyridine rings is 1. The zero-order valence-electron chi connectivity index (χ0n) is 10.9. The number of carbonyl (C=O) groups excluding carboxylic acids is 1. The van der Waals surface area contributed by atoms with E-state index in [1.807, 2.05) is 0 Å². The molecule has 0 aliphatic carbocycles. The minimum atomic E-state index is -0.361. The number of aliphatic hydroxyl groups excluding tert-OH is 1. The number of aromatic nitrogens is 1. The molecule has 0 unspecified atom stereocenters. The van der Waals surface area contributed by atoms with E-state index < -0.39 is 0 Å². The third-order valence-corrected chi connectivity index (χ3v) is 2.75. The van der Waals surface area contributed by atoms with E-state index in [1.165, 1.54) is 6.07 Å². The highest BCUT2D eigenvalue weighted by atomic mass is 16.5. The van der Waals surface area contributed by atoms with Crippen LogP contribution in [0.3, 0.4) is 0 Å². The smallest absolute Gasteiger partial charge is 0.267 e. The minimum Gasteiger partial charge on any atom is -0.394 e. The Morgan fingerprint density at radius 3 is 2.90 bits per heavy atom. The number of carbonyl (C=O) groups is 1. The van der Waals surface area contributed by atoms with E-state index in [2.05, 4.69) is 10.3 Å². The van der Waals surface area contributed by atoms with Crippen molar-refractivity contribution in [1.82, 2.24) is 10.3 Å².